The number of esters is 2. The first-order valence-electron chi connectivity index (χ1n) is 23.3. The lowest BCUT2D eigenvalue weighted by atomic mass is 9.85. The second kappa shape index (κ2) is 37.9. The van der Waals surface area contributed by atoms with Crippen LogP contribution in [-0.2, 0) is 37.5 Å². The number of hydrogen-bond acceptors (Lipinski definition) is 13. The molecule has 0 heterocycles. The summed E-state index contributed by atoms with van der Waals surface area (Å²) in [5, 5.41) is 50.1. The smallest absolute Gasteiger partial charge is 0.462 e. The average molecular weight is 923 g/mol. The van der Waals surface area contributed by atoms with Crippen molar-refractivity contribution in [3.63, 3.8) is 0 Å². The number of carbonyl (C=O) groups is 3. The van der Waals surface area contributed by atoms with Crippen molar-refractivity contribution in [1.82, 2.24) is 0 Å². The van der Waals surface area contributed by atoms with E-state index in [2.05, 4.69) is 62.5 Å². The molecule has 64 heavy (non-hydrogen) atoms. The highest BCUT2D eigenvalue weighted by Gasteiger charge is 2.51. The second-order valence-corrected chi connectivity index (χ2v) is 17.3. The Morgan fingerprint density at radius 1 is 0.531 bits per heavy atom. The minimum Gasteiger partial charge on any atom is -0.462 e. The fourth-order valence-electron chi connectivity index (χ4n) is 6.37. The predicted octanol–water partition coefficient (Wildman–Crippen LogP) is 8.46. The highest BCUT2D eigenvalue weighted by Crippen LogP contribution is 2.47. The lowest BCUT2D eigenvalue weighted by Crippen LogP contribution is -2.64. The number of rotatable bonds is 37. The summed E-state index contributed by atoms with van der Waals surface area (Å²) in [4.78, 5) is 47.9. The first-order chi connectivity index (χ1) is 30.8. The molecule has 8 atom stereocenters. The topological polar surface area (TPSA) is 227 Å². The third-order valence-corrected chi connectivity index (χ3v) is 11.2. The van der Waals surface area contributed by atoms with E-state index in [4.69, 9.17) is 18.5 Å². The molecule has 0 bridgehead atoms. The van der Waals surface area contributed by atoms with Gasteiger partial charge in [-0.15, -0.1) is 0 Å². The van der Waals surface area contributed by atoms with Gasteiger partial charge in [-0.25, -0.2) is 4.57 Å². The first kappa shape index (κ1) is 58.7. The van der Waals surface area contributed by atoms with E-state index in [1.54, 1.807) is 12.2 Å². The molecule has 0 saturated heterocycles. The van der Waals surface area contributed by atoms with E-state index < -0.39 is 75.7 Å². The van der Waals surface area contributed by atoms with Gasteiger partial charge in [-0.3, -0.25) is 23.4 Å². The molecule has 0 aromatic carbocycles. The maximum atomic E-state index is 12.8. The number of hydrogen-bond donors (Lipinski definition) is 6. The van der Waals surface area contributed by atoms with Crippen LogP contribution >= 0.6 is 7.82 Å². The molecule has 14 nitrogen and oxygen atoms in total. The largest absolute Gasteiger partial charge is 0.472 e. The number of ketones is 1. The molecule has 364 valence electrons. The fourth-order valence-corrected chi connectivity index (χ4v) is 7.35. The number of unbranched alkanes of at least 4 members (excludes halogenated alkanes) is 10. The van der Waals surface area contributed by atoms with Crippen LogP contribution in [0, 0.1) is 0 Å². The molecular formula is C49H79O14P. The summed E-state index contributed by atoms with van der Waals surface area (Å²) in [6.07, 6.45) is 32.1. The molecule has 1 fully saturated rings. The molecule has 3 unspecified atom stereocenters. The average Bonchev–Trinajstić information content (AvgIpc) is 3.27. The van der Waals surface area contributed by atoms with Gasteiger partial charge in [0.2, 0.25) is 0 Å². The maximum Gasteiger partial charge on any atom is 0.472 e. The highest BCUT2D eigenvalue weighted by atomic mass is 31.2. The monoisotopic (exact) mass is 923 g/mol. The summed E-state index contributed by atoms with van der Waals surface area (Å²) in [7, 11) is -5.19. The molecular weight excluding hydrogens is 843 g/mol. The normalized spacial score (nSPS) is 22.2. The molecule has 0 aromatic heterocycles. The van der Waals surface area contributed by atoms with Crippen LogP contribution in [0.25, 0.3) is 0 Å². The van der Waals surface area contributed by atoms with Crippen LogP contribution in [0.2, 0.25) is 0 Å². The van der Waals surface area contributed by atoms with Crippen molar-refractivity contribution in [2.45, 2.75) is 191 Å². The van der Waals surface area contributed by atoms with Crippen LogP contribution in [0.1, 0.15) is 149 Å². The minimum atomic E-state index is -5.19. The summed E-state index contributed by atoms with van der Waals surface area (Å²) < 4.78 is 33.3. The number of phosphoric ester groups is 1. The Morgan fingerprint density at radius 2 is 1.00 bits per heavy atom. The van der Waals surface area contributed by atoms with Crippen LogP contribution in [0.15, 0.2) is 85.1 Å². The summed E-state index contributed by atoms with van der Waals surface area (Å²) in [6, 6.07) is 0. The zero-order chi connectivity index (χ0) is 47.3. The molecule has 0 amide bonds. The number of carbonyl (C=O) groups excluding carboxylic acids is 3. The Balaban J connectivity index is 2.59. The predicted molar refractivity (Wildman–Crippen MR) is 249 cm³/mol. The third-order valence-electron chi connectivity index (χ3n) is 10.2. The Morgan fingerprint density at radius 3 is 1.59 bits per heavy atom. The van der Waals surface area contributed by atoms with Gasteiger partial charge in [-0.05, 0) is 76.7 Å². The number of allylic oxidation sites excluding steroid dienone is 14. The fraction of sp³-hybridized carbons (Fsp3) is 0.653. The zero-order valence-corrected chi connectivity index (χ0v) is 39.2. The molecule has 0 spiro atoms. The molecule has 0 aromatic rings. The first-order valence-corrected chi connectivity index (χ1v) is 24.8. The van der Waals surface area contributed by atoms with Crippen molar-refractivity contribution in [2.24, 2.45) is 0 Å². The zero-order valence-electron chi connectivity index (χ0n) is 38.3. The molecule has 1 aliphatic carbocycles. The Hall–Kier alpha value is -3.30. The van der Waals surface area contributed by atoms with Crippen molar-refractivity contribution in [3.8, 4) is 0 Å². The molecule has 15 heteroatoms. The van der Waals surface area contributed by atoms with Crippen LogP contribution < -0.4 is 0 Å². The molecule has 1 rings (SSSR count). The van der Waals surface area contributed by atoms with Crippen LogP contribution in [0.5, 0.6) is 0 Å². The Bertz CT molecular complexity index is 1500. The summed E-state index contributed by atoms with van der Waals surface area (Å²) in [5.41, 5.74) is 0. The summed E-state index contributed by atoms with van der Waals surface area (Å²) in [6.45, 7) is 3.00. The van der Waals surface area contributed by atoms with E-state index in [1.165, 1.54) is 63.9 Å². The molecule has 1 saturated carbocycles. The molecule has 1 aliphatic rings. The lowest BCUT2D eigenvalue weighted by Gasteiger charge is -2.41. The quantitative estimate of drug-likeness (QED) is 0.00859. The van der Waals surface area contributed by atoms with Gasteiger partial charge in [-0.1, -0.05) is 138 Å². The second-order valence-electron chi connectivity index (χ2n) is 15.9. The van der Waals surface area contributed by atoms with Crippen LogP contribution in [0.4, 0.5) is 0 Å². The van der Waals surface area contributed by atoms with Crippen molar-refractivity contribution in [2.75, 3.05) is 13.2 Å². The SMILES string of the molecule is CCCCC/C=C\C/C=C\C/C=C\C=C\C(=O)CCCC(=O)OC[C@H](COP(=O)(O)OC1[C@H](O)[C@H](O)C(O)[C@H](O)[C@H]1O)OC(=O)CCC/C=C\C/C=C\C/C=C\CCCCCCCC. The molecule has 0 radical (unpaired) electrons. The van der Waals surface area contributed by atoms with E-state index >= 15 is 0 Å². The van der Waals surface area contributed by atoms with Crippen molar-refractivity contribution < 1.29 is 67.9 Å². The van der Waals surface area contributed by atoms with E-state index in [9.17, 15) is 49.4 Å². The lowest BCUT2D eigenvalue weighted by molar-refractivity contribution is -0.220. The standard InChI is InChI=1S/C49H79O14P/c1-3-5-7-9-11-13-15-17-18-19-20-22-24-26-28-30-32-36-43(52)62-41(39-61-64(58,59)63-49-47(56)45(54)44(53)46(55)48(49)57)38-60-42(51)37-33-35-40(50)34-31-29-27-25-23-21-16-14-12-10-8-6-4-2/h12,14,17-18,20-23,26-29,31,34,41,44-49,53-57H,3-11,13,15-16,19,24-25,30,32-33,35-39H2,1-2H3,(H,58,59)/b14-12-,18-17-,22-20-,23-21-,28-26-,29-27-,34-31+/t41-,44?,45-,46+,47-,48-,49?/m1/s1. The van der Waals surface area contributed by atoms with E-state index in [0.717, 1.165) is 38.5 Å². The number of phosphoric acid groups is 1. The van der Waals surface area contributed by atoms with Gasteiger partial charge < -0.3 is 39.9 Å². The summed E-state index contributed by atoms with van der Waals surface area (Å²) in [5.74, 6) is -1.61. The van der Waals surface area contributed by atoms with E-state index in [-0.39, 0.29) is 31.5 Å². The van der Waals surface area contributed by atoms with Crippen molar-refractivity contribution in [3.05, 3.63) is 85.1 Å². The van der Waals surface area contributed by atoms with E-state index in [0.29, 0.717) is 12.8 Å². The molecule has 6 N–H and O–H groups in total. The van der Waals surface area contributed by atoms with Gasteiger partial charge in [0.25, 0.3) is 0 Å². The third kappa shape index (κ3) is 30.0. The number of ether oxygens (including phenoxy) is 2. The van der Waals surface area contributed by atoms with Gasteiger partial charge in [0, 0.05) is 19.3 Å². The highest BCUT2D eigenvalue weighted by molar-refractivity contribution is 7.47. The van der Waals surface area contributed by atoms with Crippen LogP contribution in [-0.4, -0.2) is 104 Å². The van der Waals surface area contributed by atoms with Gasteiger partial charge >= 0.3 is 19.8 Å². The minimum absolute atomic E-state index is 0.0295. The summed E-state index contributed by atoms with van der Waals surface area (Å²) >= 11 is 0. The van der Waals surface area contributed by atoms with Gasteiger partial charge in [0.15, 0.2) is 11.9 Å². The Labute approximate surface area is 382 Å². The Kier molecular flexibility index (Phi) is 34.7. The number of aliphatic hydroxyl groups is 5. The van der Waals surface area contributed by atoms with Crippen molar-refractivity contribution >= 4 is 25.5 Å². The van der Waals surface area contributed by atoms with Gasteiger partial charge in [0.05, 0.1) is 6.61 Å². The van der Waals surface area contributed by atoms with Crippen LogP contribution in [0.3, 0.4) is 0 Å². The number of aliphatic hydroxyl groups excluding tert-OH is 5. The van der Waals surface area contributed by atoms with Gasteiger partial charge in [0.1, 0.15) is 43.2 Å². The van der Waals surface area contributed by atoms with Crippen molar-refractivity contribution in [1.29, 1.82) is 0 Å². The maximum absolute atomic E-state index is 12.8. The van der Waals surface area contributed by atoms with Gasteiger partial charge in [-0.2, -0.15) is 0 Å². The van der Waals surface area contributed by atoms with E-state index in [1.807, 2.05) is 18.2 Å². The molecule has 0 aliphatic heterocycles.